The van der Waals surface area contributed by atoms with Gasteiger partial charge in [-0.05, 0) is 61.8 Å². The molecule has 19 heavy (non-hydrogen) atoms. The highest BCUT2D eigenvalue weighted by atomic mass is 16.3. The minimum absolute atomic E-state index is 0.357. The predicted molar refractivity (Wildman–Crippen MR) is 80.2 cm³/mol. The molecule has 0 aliphatic heterocycles. The Morgan fingerprint density at radius 3 is 2.63 bits per heavy atom. The number of hydrogen-bond donors (Lipinski definition) is 2. The quantitative estimate of drug-likeness (QED) is 0.853. The minimum Gasteiger partial charge on any atom is -0.396 e. The van der Waals surface area contributed by atoms with Crippen LogP contribution in [0, 0.1) is 25.7 Å². The van der Waals surface area contributed by atoms with Crippen molar-refractivity contribution in [2.24, 2.45) is 11.8 Å². The van der Waals surface area contributed by atoms with Gasteiger partial charge in [-0.25, -0.2) is 0 Å². The zero-order valence-corrected chi connectivity index (χ0v) is 12.3. The van der Waals surface area contributed by atoms with E-state index in [4.69, 9.17) is 0 Å². The number of hydrogen-bond acceptors (Lipinski definition) is 2. The molecule has 0 saturated heterocycles. The smallest absolute Gasteiger partial charge is 0.0462 e. The summed E-state index contributed by atoms with van der Waals surface area (Å²) in [6.45, 7) is 6.71. The fraction of sp³-hybridized carbons (Fsp3) is 0.647. The van der Waals surface area contributed by atoms with Crippen molar-refractivity contribution in [3.05, 3.63) is 34.9 Å². The first-order chi connectivity index (χ1) is 9.22. The largest absolute Gasteiger partial charge is 0.396 e. The molecule has 0 heterocycles. The van der Waals surface area contributed by atoms with E-state index in [0.29, 0.717) is 18.4 Å². The van der Waals surface area contributed by atoms with Crippen LogP contribution in [-0.4, -0.2) is 18.3 Å². The molecule has 1 saturated carbocycles. The topological polar surface area (TPSA) is 32.3 Å². The third kappa shape index (κ3) is 3.80. The molecule has 0 bridgehead atoms. The number of aliphatic hydroxyl groups is 1. The van der Waals surface area contributed by atoms with E-state index in [0.717, 1.165) is 13.1 Å². The van der Waals surface area contributed by atoms with Crippen LogP contribution >= 0.6 is 0 Å². The van der Waals surface area contributed by atoms with Gasteiger partial charge in [0.05, 0.1) is 0 Å². The van der Waals surface area contributed by atoms with Crippen LogP contribution in [0.5, 0.6) is 0 Å². The summed E-state index contributed by atoms with van der Waals surface area (Å²) in [5.41, 5.74) is 4.17. The van der Waals surface area contributed by atoms with Gasteiger partial charge in [-0.2, -0.15) is 0 Å². The van der Waals surface area contributed by atoms with Crippen LogP contribution in [0.1, 0.15) is 42.4 Å². The van der Waals surface area contributed by atoms with Crippen LogP contribution in [0.15, 0.2) is 18.2 Å². The van der Waals surface area contributed by atoms with Crippen LogP contribution in [0.3, 0.4) is 0 Å². The molecule has 2 N–H and O–H groups in total. The van der Waals surface area contributed by atoms with Gasteiger partial charge in [0.2, 0.25) is 0 Å². The van der Waals surface area contributed by atoms with Crippen molar-refractivity contribution in [3.8, 4) is 0 Å². The molecule has 0 aromatic heterocycles. The van der Waals surface area contributed by atoms with Crippen LogP contribution in [0.4, 0.5) is 0 Å². The molecule has 1 aromatic rings. The van der Waals surface area contributed by atoms with Gasteiger partial charge >= 0.3 is 0 Å². The first-order valence-corrected chi connectivity index (χ1v) is 7.59. The summed E-state index contributed by atoms with van der Waals surface area (Å²) in [6, 6.07) is 6.51. The fourth-order valence-corrected chi connectivity index (χ4v) is 3.19. The van der Waals surface area contributed by atoms with Gasteiger partial charge < -0.3 is 10.4 Å². The third-order valence-electron chi connectivity index (χ3n) is 4.74. The zero-order valence-electron chi connectivity index (χ0n) is 12.3. The average Bonchev–Trinajstić information content (AvgIpc) is 2.44. The molecule has 106 valence electrons. The second kappa shape index (κ2) is 7.06. The second-order valence-corrected chi connectivity index (χ2v) is 5.98. The molecule has 2 heteroatoms. The van der Waals surface area contributed by atoms with Crippen LogP contribution < -0.4 is 5.32 Å². The SMILES string of the molecule is Cc1cccc(CNCC2CCCCC2CO)c1C. The molecule has 2 unspecified atom stereocenters. The summed E-state index contributed by atoms with van der Waals surface area (Å²) < 4.78 is 0. The number of aryl methyl sites for hydroxylation is 1. The van der Waals surface area contributed by atoms with Gasteiger partial charge in [0.15, 0.2) is 0 Å². The first-order valence-electron chi connectivity index (χ1n) is 7.59. The molecule has 1 aliphatic rings. The lowest BCUT2D eigenvalue weighted by atomic mass is 9.79. The summed E-state index contributed by atoms with van der Waals surface area (Å²) in [7, 11) is 0. The molecule has 0 spiro atoms. The molecule has 0 amide bonds. The van der Waals surface area contributed by atoms with Gasteiger partial charge in [0.1, 0.15) is 0 Å². The van der Waals surface area contributed by atoms with Crippen molar-refractivity contribution in [1.82, 2.24) is 5.32 Å². The Hall–Kier alpha value is -0.860. The Balaban J connectivity index is 1.84. The van der Waals surface area contributed by atoms with E-state index in [1.165, 1.54) is 42.4 Å². The highest BCUT2D eigenvalue weighted by Crippen LogP contribution is 2.29. The summed E-state index contributed by atoms with van der Waals surface area (Å²) >= 11 is 0. The molecule has 2 atom stereocenters. The van der Waals surface area contributed by atoms with Gasteiger partial charge in [0, 0.05) is 13.2 Å². The maximum atomic E-state index is 9.43. The maximum absolute atomic E-state index is 9.43. The molecule has 2 rings (SSSR count). The number of benzene rings is 1. The fourth-order valence-electron chi connectivity index (χ4n) is 3.19. The predicted octanol–water partition coefficient (Wildman–Crippen LogP) is 3.19. The summed E-state index contributed by atoms with van der Waals surface area (Å²) in [6.07, 6.45) is 5.09. The van der Waals surface area contributed by atoms with E-state index in [-0.39, 0.29) is 0 Å². The van der Waals surface area contributed by atoms with Gasteiger partial charge in [0.25, 0.3) is 0 Å². The van der Waals surface area contributed by atoms with E-state index < -0.39 is 0 Å². The maximum Gasteiger partial charge on any atom is 0.0462 e. The highest BCUT2D eigenvalue weighted by Gasteiger charge is 2.23. The Labute approximate surface area is 117 Å². The molecule has 1 fully saturated rings. The van der Waals surface area contributed by atoms with Gasteiger partial charge in [-0.1, -0.05) is 31.0 Å². The van der Waals surface area contributed by atoms with E-state index in [1.807, 2.05) is 0 Å². The lowest BCUT2D eigenvalue weighted by Crippen LogP contribution is -2.32. The Morgan fingerprint density at radius 1 is 1.16 bits per heavy atom. The second-order valence-electron chi connectivity index (χ2n) is 5.98. The number of aliphatic hydroxyl groups excluding tert-OH is 1. The van der Waals surface area contributed by atoms with Crippen molar-refractivity contribution < 1.29 is 5.11 Å². The Bertz CT molecular complexity index is 402. The van der Waals surface area contributed by atoms with E-state index in [9.17, 15) is 5.11 Å². The molecular formula is C17H27NO. The Morgan fingerprint density at radius 2 is 1.89 bits per heavy atom. The first kappa shape index (κ1) is 14.5. The van der Waals surface area contributed by atoms with Crippen molar-refractivity contribution >= 4 is 0 Å². The average molecular weight is 261 g/mol. The third-order valence-corrected chi connectivity index (χ3v) is 4.74. The standard InChI is InChI=1S/C17H27NO/c1-13-6-5-9-15(14(13)2)10-18-11-16-7-3-4-8-17(16)12-19/h5-6,9,16-19H,3-4,7-8,10-12H2,1-2H3. The monoisotopic (exact) mass is 261 g/mol. The van der Waals surface area contributed by atoms with Gasteiger partial charge in [-0.3, -0.25) is 0 Å². The molecular weight excluding hydrogens is 234 g/mol. The van der Waals surface area contributed by atoms with E-state index >= 15 is 0 Å². The number of nitrogens with one attached hydrogen (secondary N) is 1. The van der Waals surface area contributed by atoms with Crippen molar-refractivity contribution in [1.29, 1.82) is 0 Å². The lowest BCUT2D eigenvalue weighted by molar-refractivity contribution is 0.133. The van der Waals surface area contributed by atoms with Gasteiger partial charge in [-0.15, -0.1) is 0 Å². The molecule has 0 radical (unpaired) electrons. The zero-order chi connectivity index (χ0) is 13.7. The molecule has 1 aliphatic carbocycles. The van der Waals surface area contributed by atoms with Crippen molar-refractivity contribution in [2.75, 3.05) is 13.2 Å². The van der Waals surface area contributed by atoms with E-state index in [1.54, 1.807) is 0 Å². The van der Waals surface area contributed by atoms with Crippen molar-refractivity contribution in [3.63, 3.8) is 0 Å². The summed E-state index contributed by atoms with van der Waals surface area (Å²) in [5, 5.41) is 13.0. The normalized spacial score (nSPS) is 23.5. The van der Waals surface area contributed by atoms with Crippen LogP contribution in [0.25, 0.3) is 0 Å². The summed E-state index contributed by atoms with van der Waals surface area (Å²) in [5.74, 6) is 1.17. The van der Waals surface area contributed by atoms with Crippen molar-refractivity contribution in [2.45, 2.75) is 46.1 Å². The Kier molecular flexibility index (Phi) is 5.41. The molecule has 1 aromatic carbocycles. The highest BCUT2D eigenvalue weighted by molar-refractivity contribution is 5.32. The van der Waals surface area contributed by atoms with E-state index in [2.05, 4.69) is 37.4 Å². The van der Waals surface area contributed by atoms with Crippen LogP contribution in [0.2, 0.25) is 0 Å². The number of rotatable bonds is 5. The summed E-state index contributed by atoms with van der Waals surface area (Å²) in [4.78, 5) is 0. The molecule has 2 nitrogen and oxygen atoms in total. The lowest BCUT2D eigenvalue weighted by Gasteiger charge is -2.30. The minimum atomic E-state index is 0.357. The van der Waals surface area contributed by atoms with Crippen LogP contribution in [-0.2, 0) is 6.54 Å².